The molecule has 0 aliphatic carbocycles. The smallest absolute Gasteiger partial charge is 0.407 e. The van der Waals surface area contributed by atoms with Crippen molar-refractivity contribution in [1.82, 2.24) is 5.32 Å². The van der Waals surface area contributed by atoms with Gasteiger partial charge in [0, 0.05) is 0 Å². The summed E-state index contributed by atoms with van der Waals surface area (Å²) in [7, 11) is 0. The van der Waals surface area contributed by atoms with Crippen molar-refractivity contribution in [2.75, 3.05) is 0 Å². The average molecular weight is 269 g/mol. The first-order chi connectivity index (χ1) is 8.98. The quantitative estimate of drug-likeness (QED) is 0.898. The first-order valence-electron chi connectivity index (χ1n) is 5.89. The highest BCUT2D eigenvalue weighted by molar-refractivity contribution is 5.21. The molecule has 0 saturated carbocycles. The molecule has 0 bridgehead atoms. The van der Waals surface area contributed by atoms with Crippen molar-refractivity contribution in [3.63, 3.8) is 0 Å². The van der Waals surface area contributed by atoms with Crippen molar-refractivity contribution < 1.29 is 17.6 Å². The van der Waals surface area contributed by atoms with E-state index < -0.39 is 18.3 Å². The topological polar surface area (TPSA) is 25.2 Å². The van der Waals surface area contributed by atoms with Crippen LogP contribution in [-0.4, -0.2) is 6.18 Å². The Bertz CT molecular complexity index is 493. The van der Waals surface area contributed by atoms with Crippen LogP contribution in [-0.2, 0) is 0 Å². The molecular weight excluding hydrogens is 255 g/mol. The second-order valence-corrected chi connectivity index (χ2v) is 4.29. The van der Waals surface area contributed by atoms with E-state index in [-0.39, 0.29) is 5.56 Å². The molecule has 1 aromatic heterocycles. The fourth-order valence-electron chi connectivity index (χ4n) is 1.89. The minimum atomic E-state index is -4.36. The summed E-state index contributed by atoms with van der Waals surface area (Å²) in [6.07, 6.45) is -2.92. The van der Waals surface area contributed by atoms with E-state index in [2.05, 4.69) is 5.32 Å². The molecule has 1 N–H and O–H groups in total. The Morgan fingerprint density at radius 2 is 1.74 bits per heavy atom. The molecule has 2 aromatic rings. The molecule has 5 heteroatoms. The van der Waals surface area contributed by atoms with Gasteiger partial charge in [-0.25, -0.2) is 0 Å². The maximum atomic E-state index is 13.1. The van der Waals surface area contributed by atoms with E-state index in [9.17, 15) is 13.2 Å². The molecule has 1 aromatic carbocycles. The minimum Gasteiger partial charge on any atom is -0.468 e. The maximum Gasteiger partial charge on any atom is 0.407 e. The molecule has 0 aliphatic heterocycles. The van der Waals surface area contributed by atoms with Gasteiger partial charge in [0.05, 0.1) is 12.3 Å². The van der Waals surface area contributed by atoms with Gasteiger partial charge in [-0.1, -0.05) is 30.3 Å². The van der Waals surface area contributed by atoms with Crippen LogP contribution in [0.2, 0.25) is 0 Å². The zero-order valence-corrected chi connectivity index (χ0v) is 10.3. The fourth-order valence-corrected chi connectivity index (χ4v) is 1.89. The molecule has 0 amide bonds. The number of benzene rings is 1. The average Bonchev–Trinajstić information content (AvgIpc) is 2.89. The largest absolute Gasteiger partial charge is 0.468 e. The third kappa shape index (κ3) is 3.38. The molecule has 0 spiro atoms. The lowest BCUT2D eigenvalue weighted by Crippen LogP contribution is -2.35. The van der Waals surface area contributed by atoms with Gasteiger partial charge in [0.1, 0.15) is 11.8 Å². The Balaban J connectivity index is 2.20. The molecule has 0 aliphatic rings. The highest BCUT2D eigenvalue weighted by Gasteiger charge is 2.41. The predicted molar refractivity (Wildman–Crippen MR) is 65.5 cm³/mol. The van der Waals surface area contributed by atoms with Crippen molar-refractivity contribution in [3.8, 4) is 0 Å². The Morgan fingerprint density at radius 3 is 2.26 bits per heavy atom. The Morgan fingerprint density at radius 1 is 1.05 bits per heavy atom. The standard InChI is InChI=1S/C14H14F3NO/c1-10(12-8-5-9-19-12)18-13(14(15,16)17)11-6-3-2-4-7-11/h2-10,13,18H,1H3. The second kappa shape index (κ2) is 5.48. The molecular formula is C14H14F3NO. The lowest BCUT2D eigenvalue weighted by Gasteiger charge is -2.25. The number of halogens is 3. The minimum absolute atomic E-state index is 0.188. The summed E-state index contributed by atoms with van der Waals surface area (Å²) in [5, 5.41) is 2.56. The van der Waals surface area contributed by atoms with Crippen LogP contribution in [0, 0.1) is 0 Å². The number of nitrogens with one attached hydrogen (secondary N) is 1. The molecule has 0 radical (unpaired) electrons. The van der Waals surface area contributed by atoms with E-state index in [1.807, 2.05) is 0 Å². The van der Waals surface area contributed by atoms with Crippen LogP contribution in [0.5, 0.6) is 0 Å². The van der Waals surface area contributed by atoms with Crippen LogP contribution in [0.25, 0.3) is 0 Å². The molecule has 1 heterocycles. The van der Waals surface area contributed by atoms with Crippen molar-refractivity contribution in [2.45, 2.75) is 25.2 Å². The lowest BCUT2D eigenvalue weighted by molar-refractivity contribution is -0.159. The van der Waals surface area contributed by atoms with E-state index >= 15 is 0 Å². The Kier molecular flexibility index (Phi) is 3.95. The highest BCUT2D eigenvalue weighted by Crippen LogP contribution is 2.34. The number of hydrogen-bond donors (Lipinski definition) is 1. The molecule has 0 saturated heterocycles. The van der Waals surface area contributed by atoms with Crippen LogP contribution in [0.15, 0.2) is 53.1 Å². The molecule has 0 fully saturated rings. The highest BCUT2D eigenvalue weighted by atomic mass is 19.4. The fraction of sp³-hybridized carbons (Fsp3) is 0.286. The summed E-state index contributed by atoms with van der Waals surface area (Å²) < 4.78 is 44.5. The van der Waals surface area contributed by atoms with Gasteiger partial charge in [-0.3, -0.25) is 5.32 Å². The zero-order valence-electron chi connectivity index (χ0n) is 10.3. The van der Waals surface area contributed by atoms with Gasteiger partial charge >= 0.3 is 6.18 Å². The molecule has 2 rings (SSSR count). The summed E-state index contributed by atoms with van der Waals surface area (Å²) in [6, 6.07) is 8.85. The van der Waals surface area contributed by atoms with Crippen molar-refractivity contribution in [2.24, 2.45) is 0 Å². The molecule has 2 unspecified atom stereocenters. The van der Waals surface area contributed by atoms with Crippen LogP contribution < -0.4 is 5.32 Å². The number of hydrogen-bond acceptors (Lipinski definition) is 2. The monoisotopic (exact) mass is 269 g/mol. The number of rotatable bonds is 4. The zero-order chi connectivity index (χ0) is 13.9. The lowest BCUT2D eigenvalue weighted by atomic mass is 10.1. The molecule has 2 atom stereocenters. The van der Waals surface area contributed by atoms with Gasteiger partial charge in [0.15, 0.2) is 0 Å². The van der Waals surface area contributed by atoms with Crippen molar-refractivity contribution in [3.05, 3.63) is 60.1 Å². The van der Waals surface area contributed by atoms with Crippen molar-refractivity contribution >= 4 is 0 Å². The summed E-state index contributed by atoms with van der Waals surface area (Å²) in [5.41, 5.74) is 0.188. The van der Waals surface area contributed by atoms with E-state index in [0.29, 0.717) is 5.76 Å². The van der Waals surface area contributed by atoms with Crippen LogP contribution in [0.3, 0.4) is 0 Å². The van der Waals surface area contributed by atoms with Gasteiger partial charge < -0.3 is 4.42 Å². The Labute approximate surface area is 109 Å². The van der Waals surface area contributed by atoms with E-state index in [1.165, 1.54) is 18.4 Å². The SMILES string of the molecule is CC(NC(c1ccccc1)C(F)(F)F)c1ccco1. The predicted octanol–water partition coefficient (Wildman–Crippen LogP) is 4.23. The Hall–Kier alpha value is -1.75. The van der Waals surface area contributed by atoms with E-state index in [4.69, 9.17) is 4.42 Å². The molecule has 102 valence electrons. The summed E-state index contributed by atoms with van der Waals surface area (Å²) in [4.78, 5) is 0. The molecule has 2 nitrogen and oxygen atoms in total. The van der Waals surface area contributed by atoms with E-state index in [1.54, 1.807) is 37.3 Å². The summed E-state index contributed by atoms with van der Waals surface area (Å²) in [5.74, 6) is 0.477. The van der Waals surface area contributed by atoms with Crippen LogP contribution in [0.1, 0.15) is 30.3 Å². The summed E-state index contributed by atoms with van der Waals surface area (Å²) in [6.45, 7) is 1.64. The van der Waals surface area contributed by atoms with Crippen LogP contribution >= 0.6 is 0 Å². The first-order valence-corrected chi connectivity index (χ1v) is 5.89. The van der Waals surface area contributed by atoms with Gasteiger partial charge in [-0.05, 0) is 24.6 Å². The van der Waals surface area contributed by atoms with Gasteiger partial charge in [-0.2, -0.15) is 13.2 Å². The van der Waals surface area contributed by atoms with Crippen molar-refractivity contribution in [1.29, 1.82) is 0 Å². The van der Waals surface area contributed by atoms with Gasteiger partial charge in [-0.15, -0.1) is 0 Å². The van der Waals surface area contributed by atoms with E-state index in [0.717, 1.165) is 0 Å². The third-order valence-electron chi connectivity index (χ3n) is 2.85. The van der Waals surface area contributed by atoms with Gasteiger partial charge in [0.2, 0.25) is 0 Å². The first kappa shape index (κ1) is 13.7. The maximum absolute atomic E-state index is 13.1. The normalized spacial score (nSPS) is 15.2. The number of furan rings is 1. The molecule has 19 heavy (non-hydrogen) atoms. The summed E-state index contributed by atoms with van der Waals surface area (Å²) >= 11 is 0. The third-order valence-corrected chi connectivity index (χ3v) is 2.85. The second-order valence-electron chi connectivity index (χ2n) is 4.29. The van der Waals surface area contributed by atoms with Crippen LogP contribution in [0.4, 0.5) is 13.2 Å². The van der Waals surface area contributed by atoms with Gasteiger partial charge in [0.25, 0.3) is 0 Å². The number of alkyl halides is 3.